The molecule has 2 heterocycles. The number of anilines is 2. The monoisotopic (exact) mass is 531 g/mol. The lowest BCUT2D eigenvalue weighted by molar-refractivity contribution is 0.0724. The van der Waals surface area contributed by atoms with E-state index in [-0.39, 0.29) is 30.3 Å². The summed E-state index contributed by atoms with van der Waals surface area (Å²) in [5.41, 5.74) is 5.52. The van der Waals surface area contributed by atoms with Crippen LogP contribution in [0.2, 0.25) is 0 Å². The van der Waals surface area contributed by atoms with Gasteiger partial charge in [-0.1, -0.05) is 60.2 Å². The summed E-state index contributed by atoms with van der Waals surface area (Å²) < 4.78 is 0. The summed E-state index contributed by atoms with van der Waals surface area (Å²) in [4.78, 5) is 43.5. The standard InChI is InChI=1S/C33H29N3O4/c1-21-10-12-22(13-11-21)27-6-2-3-7-28(27)31(38)34-24-16-14-23(15-17-24)32(39)36-19-25-18-26(37)20-35(25)33(40)29-8-4-5-9-30(29)36/h2-17,25-26,37H,18-20H2,1H3,(H,34,38)/t25-,26-/m1/s1. The van der Waals surface area contributed by atoms with E-state index in [1.165, 1.54) is 0 Å². The molecule has 6 rings (SSSR count). The van der Waals surface area contributed by atoms with Crippen molar-refractivity contribution < 1.29 is 19.5 Å². The van der Waals surface area contributed by atoms with Gasteiger partial charge in [0, 0.05) is 29.9 Å². The van der Waals surface area contributed by atoms with Gasteiger partial charge in [0.25, 0.3) is 17.7 Å². The van der Waals surface area contributed by atoms with Gasteiger partial charge in [-0.3, -0.25) is 14.4 Å². The fraction of sp³-hybridized carbons (Fsp3) is 0.182. The van der Waals surface area contributed by atoms with Gasteiger partial charge >= 0.3 is 0 Å². The van der Waals surface area contributed by atoms with Gasteiger partial charge in [-0.2, -0.15) is 0 Å². The molecule has 40 heavy (non-hydrogen) atoms. The van der Waals surface area contributed by atoms with Gasteiger partial charge < -0.3 is 20.2 Å². The summed E-state index contributed by atoms with van der Waals surface area (Å²) >= 11 is 0. The average Bonchev–Trinajstić information content (AvgIpc) is 3.31. The van der Waals surface area contributed by atoms with Gasteiger partial charge in [0.2, 0.25) is 0 Å². The highest BCUT2D eigenvalue weighted by Gasteiger charge is 2.41. The van der Waals surface area contributed by atoms with E-state index in [0.717, 1.165) is 16.7 Å². The molecule has 0 aliphatic carbocycles. The van der Waals surface area contributed by atoms with Gasteiger partial charge in [0.1, 0.15) is 0 Å². The average molecular weight is 532 g/mol. The van der Waals surface area contributed by atoms with Gasteiger partial charge in [-0.05, 0) is 66.9 Å². The first-order chi connectivity index (χ1) is 19.4. The highest BCUT2D eigenvalue weighted by molar-refractivity contribution is 6.12. The molecular formula is C33H29N3O4. The normalized spacial score (nSPS) is 18.1. The Bertz CT molecular complexity index is 1600. The number of hydrogen-bond acceptors (Lipinski definition) is 4. The van der Waals surface area contributed by atoms with Crippen molar-refractivity contribution in [2.75, 3.05) is 23.3 Å². The summed E-state index contributed by atoms with van der Waals surface area (Å²) in [5.74, 6) is -0.655. The van der Waals surface area contributed by atoms with Crippen molar-refractivity contribution in [2.45, 2.75) is 25.5 Å². The molecule has 4 aromatic rings. The third-order valence-corrected chi connectivity index (χ3v) is 7.64. The van der Waals surface area contributed by atoms with E-state index in [1.54, 1.807) is 58.3 Å². The zero-order chi connectivity index (χ0) is 27.8. The molecule has 0 radical (unpaired) electrons. The lowest BCUT2D eigenvalue weighted by atomic mass is 9.98. The Morgan fingerprint density at radius 3 is 2.25 bits per heavy atom. The highest BCUT2D eigenvalue weighted by atomic mass is 16.3. The van der Waals surface area contributed by atoms with Crippen LogP contribution in [0.25, 0.3) is 11.1 Å². The second-order valence-electron chi connectivity index (χ2n) is 10.4. The van der Waals surface area contributed by atoms with Crippen LogP contribution in [0, 0.1) is 6.92 Å². The number of rotatable bonds is 4. The maximum Gasteiger partial charge on any atom is 0.258 e. The molecule has 0 spiro atoms. The molecule has 4 aromatic carbocycles. The van der Waals surface area contributed by atoms with Crippen LogP contribution < -0.4 is 10.2 Å². The fourth-order valence-corrected chi connectivity index (χ4v) is 5.58. The predicted octanol–water partition coefficient (Wildman–Crippen LogP) is 5.15. The van der Waals surface area contributed by atoms with Crippen molar-refractivity contribution in [2.24, 2.45) is 0 Å². The molecule has 7 nitrogen and oxygen atoms in total. The van der Waals surface area contributed by atoms with Crippen molar-refractivity contribution in [3.8, 4) is 11.1 Å². The maximum atomic E-state index is 13.7. The van der Waals surface area contributed by atoms with Crippen LogP contribution in [-0.2, 0) is 0 Å². The van der Waals surface area contributed by atoms with E-state index >= 15 is 0 Å². The van der Waals surface area contributed by atoms with Crippen LogP contribution in [0.5, 0.6) is 0 Å². The minimum Gasteiger partial charge on any atom is -0.391 e. The van der Waals surface area contributed by atoms with Crippen molar-refractivity contribution in [1.82, 2.24) is 4.90 Å². The SMILES string of the molecule is Cc1ccc(-c2ccccc2C(=O)Nc2ccc(C(=O)N3C[C@H]4C[C@@H](O)CN4C(=O)c4ccccc43)cc2)cc1. The number of nitrogens with zero attached hydrogens (tertiary/aromatic N) is 2. The Morgan fingerprint density at radius 2 is 1.50 bits per heavy atom. The summed E-state index contributed by atoms with van der Waals surface area (Å²) in [6.45, 7) is 2.59. The van der Waals surface area contributed by atoms with E-state index < -0.39 is 6.10 Å². The minimum atomic E-state index is -0.602. The number of aliphatic hydroxyl groups is 1. The van der Waals surface area contributed by atoms with Crippen molar-refractivity contribution in [3.05, 3.63) is 119 Å². The Morgan fingerprint density at radius 1 is 0.825 bits per heavy atom. The molecule has 0 bridgehead atoms. The lowest BCUT2D eigenvalue weighted by Crippen LogP contribution is -2.42. The molecule has 0 saturated carbocycles. The smallest absolute Gasteiger partial charge is 0.258 e. The number of nitrogens with one attached hydrogen (secondary N) is 1. The second-order valence-corrected chi connectivity index (χ2v) is 10.4. The number of hydrogen-bond donors (Lipinski definition) is 2. The number of para-hydroxylation sites is 1. The first-order valence-corrected chi connectivity index (χ1v) is 13.4. The molecule has 0 unspecified atom stereocenters. The van der Waals surface area contributed by atoms with Gasteiger partial charge in [0.15, 0.2) is 0 Å². The molecular weight excluding hydrogens is 502 g/mol. The number of amides is 3. The fourth-order valence-electron chi connectivity index (χ4n) is 5.58. The van der Waals surface area contributed by atoms with Gasteiger partial charge in [0.05, 0.1) is 23.4 Å². The molecule has 2 N–H and O–H groups in total. The topological polar surface area (TPSA) is 89.9 Å². The summed E-state index contributed by atoms with van der Waals surface area (Å²) in [5, 5.41) is 13.2. The van der Waals surface area contributed by atoms with E-state index in [0.29, 0.717) is 41.0 Å². The Hall–Kier alpha value is -4.75. The quantitative estimate of drug-likeness (QED) is 0.381. The molecule has 1 fully saturated rings. The third-order valence-electron chi connectivity index (χ3n) is 7.64. The largest absolute Gasteiger partial charge is 0.391 e. The molecule has 200 valence electrons. The third kappa shape index (κ3) is 4.76. The predicted molar refractivity (Wildman–Crippen MR) is 155 cm³/mol. The molecule has 2 aliphatic rings. The summed E-state index contributed by atoms with van der Waals surface area (Å²) in [6.07, 6.45) is -0.173. The second kappa shape index (κ2) is 10.4. The number of fused-ring (bicyclic) bond motifs is 2. The van der Waals surface area contributed by atoms with Crippen molar-refractivity contribution in [1.29, 1.82) is 0 Å². The lowest BCUT2D eigenvalue weighted by Gasteiger charge is -2.26. The number of carbonyl (C=O) groups excluding carboxylic acids is 3. The Kier molecular flexibility index (Phi) is 6.66. The molecule has 7 heteroatoms. The van der Waals surface area contributed by atoms with Crippen LogP contribution in [-0.4, -0.2) is 53.0 Å². The van der Waals surface area contributed by atoms with E-state index in [1.807, 2.05) is 55.5 Å². The number of benzene rings is 4. The zero-order valence-corrected chi connectivity index (χ0v) is 22.1. The van der Waals surface area contributed by atoms with Crippen LogP contribution in [0.1, 0.15) is 43.1 Å². The van der Waals surface area contributed by atoms with Crippen LogP contribution >= 0.6 is 0 Å². The van der Waals surface area contributed by atoms with E-state index in [4.69, 9.17) is 0 Å². The molecule has 0 aromatic heterocycles. The van der Waals surface area contributed by atoms with Gasteiger partial charge in [-0.25, -0.2) is 0 Å². The first-order valence-electron chi connectivity index (χ1n) is 13.4. The number of aliphatic hydroxyl groups excluding tert-OH is 1. The van der Waals surface area contributed by atoms with E-state index in [2.05, 4.69) is 5.32 Å². The number of aryl methyl sites for hydroxylation is 1. The van der Waals surface area contributed by atoms with Crippen molar-refractivity contribution >= 4 is 29.1 Å². The maximum absolute atomic E-state index is 13.7. The minimum absolute atomic E-state index is 0.170. The highest BCUT2D eigenvalue weighted by Crippen LogP contribution is 2.33. The molecule has 2 atom stereocenters. The Balaban J connectivity index is 1.23. The van der Waals surface area contributed by atoms with Gasteiger partial charge in [-0.15, -0.1) is 0 Å². The van der Waals surface area contributed by atoms with Crippen molar-refractivity contribution in [3.63, 3.8) is 0 Å². The van der Waals surface area contributed by atoms with E-state index in [9.17, 15) is 19.5 Å². The zero-order valence-electron chi connectivity index (χ0n) is 22.1. The summed E-state index contributed by atoms with van der Waals surface area (Å²) in [7, 11) is 0. The first kappa shape index (κ1) is 25.5. The number of carbonyl (C=O) groups is 3. The van der Waals surface area contributed by atoms with Crippen LogP contribution in [0.4, 0.5) is 11.4 Å². The van der Waals surface area contributed by atoms with Crippen LogP contribution in [0.15, 0.2) is 97.1 Å². The Labute approximate surface area is 232 Å². The molecule has 1 saturated heterocycles. The van der Waals surface area contributed by atoms with Crippen LogP contribution in [0.3, 0.4) is 0 Å². The summed E-state index contributed by atoms with van der Waals surface area (Å²) in [6, 6.07) is 29.1. The molecule has 3 amide bonds. The molecule has 2 aliphatic heterocycles.